The van der Waals surface area contributed by atoms with E-state index in [4.69, 9.17) is 16.9 Å². The number of sulfone groups is 1. The Kier molecular flexibility index (Phi) is 3.37. The van der Waals surface area contributed by atoms with Crippen LogP contribution in [0.15, 0.2) is 58.3 Å². The van der Waals surface area contributed by atoms with Gasteiger partial charge in [-0.15, -0.1) is 0 Å². The van der Waals surface area contributed by atoms with E-state index in [2.05, 4.69) is 0 Å². The van der Waals surface area contributed by atoms with Gasteiger partial charge in [0.25, 0.3) is 0 Å². The maximum atomic E-state index is 12.2. The molecule has 2 aromatic rings. The van der Waals surface area contributed by atoms with Crippen molar-refractivity contribution in [2.45, 2.75) is 9.79 Å². The summed E-state index contributed by atoms with van der Waals surface area (Å²) in [6.07, 6.45) is 0. The molecule has 2 aromatic carbocycles. The summed E-state index contributed by atoms with van der Waals surface area (Å²) in [6, 6.07) is 13.8. The molecule has 0 radical (unpaired) electrons. The van der Waals surface area contributed by atoms with Gasteiger partial charge in [0.1, 0.15) is 0 Å². The molecule has 0 aliphatic carbocycles. The van der Waals surface area contributed by atoms with Crippen LogP contribution in [0.1, 0.15) is 5.56 Å². The third-order valence-electron chi connectivity index (χ3n) is 2.40. The standard InChI is InChI=1S/C13H8ClNO2S/c14-11-2-1-3-13(8-11)18(16,17)12-6-4-10(9-15)5-7-12/h1-8H. The lowest BCUT2D eigenvalue weighted by atomic mass is 10.2. The van der Waals surface area contributed by atoms with Gasteiger partial charge in [-0.3, -0.25) is 0 Å². The average Bonchev–Trinajstić information content (AvgIpc) is 2.39. The van der Waals surface area contributed by atoms with Crippen LogP contribution in [0.2, 0.25) is 5.02 Å². The first-order chi connectivity index (χ1) is 8.54. The Hall–Kier alpha value is -1.83. The normalized spacial score (nSPS) is 10.9. The molecule has 3 nitrogen and oxygen atoms in total. The fourth-order valence-corrected chi connectivity index (χ4v) is 3.04. The van der Waals surface area contributed by atoms with Gasteiger partial charge in [0.2, 0.25) is 9.84 Å². The molecule has 0 unspecified atom stereocenters. The lowest BCUT2D eigenvalue weighted by Crippen LogP contribution is -2.01. The van der Waals surface area contributed by atoms with Crippen molar-refractivity contribution in [2.24, 2.45) is 0 Å². The molecule has 0 aliphatic heterocycles. The summed E-state index contributed by atoms with van der Waals surface area (Å²) in [4.78, 5) is 0.281. The zero-order valence-electron chi connectivity index (χ0n) is 9.17. The fourth-order valence-electron chi connectivity index (χ4n) is 1.48. The van der Waals surface area contributed by atoms with Crippen molar-refractivity contribution in [1.82, 2.24) is 0 Å². The van der Waals surface area contributed by atoms with Crippen molar-refractivity contribution in [3.05, 3.63) is 59.1 Å². The van der Waals surface area contributed by atoms with Crippen LogP contribution < -0.4 is 0 Å². The Morgan fingerprint density at radius 1 is 1.00 bits per heavy atom. The Balaban J connectivity index is 2.51. The molecule has 0 bridgehead atoms. The van der Waals surface area contributed by atoms with Gasteiger partial charge in [0.15, 0.2) is 0 Å². The topological polar surface area (TPSA) is 57.9 Å². The zero-order chi connectivity index (χ0) is 13.2. The van der Waals surface area contributed by atoms with E-state index in [1.54, 1.807) is 12.1 Å². The molecular weight excluding hydrogens is 270 g/mol. The molecule has 0 heterocycles. The Morgan fingerprint density at radius 2 is 1.67 bits per heavy atom. The summed E-state index contributed by atoms with van der Waals surface area (Å²) in [6.45, 7) is 0. The highest BCUT2D eigenvalue weighted by Gasteiger charge is 2.17. The van der Waals surface area contributed by atoms with E-state index >= 15 is 0 Å². The lowest BCUT2D eigenvalue weighted by molar-refractivity contribution is 0.596. The zero-order valence-corrected chi connectivity index (χ0v) is 10.7. The van der Waals surface area contributed by atoms with Crippen molar-refractivity contribution in [1.29, 1.82) is 5.26 Å². The summed E-state index contributed by atoms with van der Waals surface area (Å²) >= 11 is 5.78. The second kappa shape index (κ2) is 4.81. The van der Waals surface area contributed by atoms with E-state index in [1.165, 1.54) is 36.4 Å². The van der Waals surface area contributed by atoms with Crippen LogP contribution in [0.5, 0.6) is 0 Å². The van der Waals surface area contributed by atoms with Crippen LogP contribution >= 0.6 is 11.6 Å². The smallest absolute Gasteiger partial charge is 0.206 e. The molecular formula is C13H8ClNO2S. The Morgan fingerprint density at radius 3 is 2.22 bits per heavy atom. The molecule has 0 fully saturated rings. The number of hydrogen-bond donors (Lipinski definition) is 0. The number of rotatable bonds is 2. The predicted molar refractivity (Wildman–Crippen MR) is 68.1 cm³/mol. The van der Waals surface area contributed by atoms with Gasteiger partial charge >= 0.3 is 0 Å². The van der Waals surface area contributed by atoms with Crippen molar-refractivity contribution in [2.75, 3.05) is 0 Å². The molecule has 0 spiro atoms. The summed E-state index contributed by atoms with van der Waals surface area (Å²) in [5.41, 5.74) is 0.417. The highest BCUT2D eigenvalue weighted by Crippen LogP contribution is 2.23. The van der Waals surface area contributed by atoms with Gasteiger partial charge in [-0.2, -0.15) is 5.26 Å². The largest absolute Gasteiger partial charge is 0.219 e. The number of halogens is 1. The summed E-state index contributed by atoms with van der Waals surface area (Å²) in [5, 5.41) is 9.03. The highest BCUT2D eigenvalue weighted by molar-refractivity contribution is 7.91. The van der Waals surface area contributed by atoms with Gasteiger partial charge in [-0.1, -0.05) is 17.7 Å². The van der Waals surface area contributed by atoms with Gasteiger partial charge in [0, 0.05) is 5.02 Å². The SMILES string of the molecule is N#Cc1ccc(S(=O)(=O)c2cccc(Cl)c2)cc1. The first kappa shape index (κ1) is 12.6. The van der Waals surface area contributed by atoms with E-state index in [0.29, 0.717) is 10.6 Å². The highest BCUT2D eigenvalue weighted by atomic mass is 35.5. The third-order valence-corrected chi connectivity index (χ3v) is 4.40. The van der Waals surface area contributed by atoms with Crippen molar-refractivity contribution in [3.63, 3.8) is 0 Å². The van der Waals surface area contributed by atoms with E-state index in [-0.39, 0.29) is 9.79 Å². The van der Waals surface area contributed by atoms with E-state index in [1.807, 2.05) is 6.07 Å². The van der Waals surface area contributed by atoms with E-state index in [0.717, 1.165) is 0 Å². The molecule has 18 heavy (non-hydrogen) atoms. The van der Waals surface area contributed by atoms with Crippen LogP contribution in [-0.4, -0.2) is 8.42 Å². The van der Waals surface area contributed by atoms with Crippen LogP contribution in [0, 0.1) is 11.3 Å². The summed E-state index contributed by atoms with van der Waals surface area (Å²) < 4.78 is 24.5. The summed E-state index contributed by atoms with van der Waals surface area (Å²) in [5.74, 6) is 0. The molecule has 90 valence electrons. The van der Waals surface area contributed by atoms with Gasteiger partial charge in [-0.25, -0.2) is 8.42 Å². The second-order valence-corrected chi connectivity index (χ2v) is 5.98. The molecule has 0 atom stereocenters. The molecule has 0 N–H and O–H groups in total. The van der Waals surface area contributed by atoms with Crippen molar-refractivity contribution >= 4 is 21.4 Å². The van der Waals surface area contributed by atoms with Crippen LogP contribution in [0.4, 0.5) is 0 Å². The third kappa shape index (κ3) is 2.37. The van der Waals surface area contributed by atoms with Crippen molar-refractivity contribution < 1.29 is 8.42 Å². The molecule has 2 rings (SSSR count). The van der Waals surface area contributed by atoms with Crippen LogP contribution in [0.25, 0.3) is 0 Å². The van der Waals surface area contributed by atoms with E-state index < -0.39 is 9.84 Å². The number of hydrogen-bond acceptors (Lipinski definition) is 3. The molecule has 0 saturated carbocycles. The molecule has 0 aliphatic rings. The number of nitriles is 1. The van der Waals surface area contributed by atoms with Crippen LogP contribution in [0.3, 0.4) is 0 Å². The Labute approximate surface area is 110 Å². The average molecular weight is 278 g/mol. The minimum absolute atomic E-state index is 0.139. The Bertz CT molecular complexity index is 715. The van der Waals surface area contributed by atoms with Crippen LogP contribution in [-0.2, 0) is 9.84 Å². The summed E-state index contributed by atoms with van der Waals surface area (Å²) in [7, 11) is -3.58. The van der Waals surface area contributed by atoms with E-state index in [9.17, 15) is 8.42 Å². The lowest BCUT2D eigenvalue weighted by Gasteiger charge is -2.04. The predicted octanol–water partition coefficient (Wildman–Crippen LogP) is 3.04. The number of nitrogens with zero attached hydrogens (tertiary/aromatic N) is 1. The maximum absolute atomic E-state index is 12.2. The van der Waals surface area contributed by atoms with Gasteiger partial charge in [-0.05, 0) is 42.5 Å². The van der Waals surface area contributed by atoms with Gasteiger partial charge in [0.05, 0.1) is 21.4 Å². The second-order valence-electron chi connectivity index (χ2n) is 3.60. The van der Waals surface area contributed by atoms with Gasteiger partial charge < -0.3 is 0 Å². The molecule has 0 saturated heterocycles. The minimum atomic E-state index is -3.58. The monoisotopic (exact) mass is 277 g/mol. The molecule has 0 aromatic heterocycles. The fraction of sp³-hybridized carbons (Fsp3) is 0. The first-order valence-corrected chi connectivity index (χ1v) is 6.91. The maximum Gasteiger partial charge on any atom is 0.206 e. The van der Waals surface area contributed by atoms with Crippen molar-refractivity contribution in [3.8, 4) is 6.07 Å². The molecule has 5 heteroatoms. The molecule has 0 amide bonds. The first-order valence-electron chi connectivity index (χ1n) is 5.05. The number of benzene rings is 2. The quantitative estimate of drug-likeness (QED) is 0.848. The minimum Gasteiger partial charge on any atom is -0.219 e.